The summed E-state index contributed by atoms with van der Waals surface area (Å²) in [7, 11) is 1.36. The van der Waals surface area contributed by atoms with Crippen LogP contribution in [0.2, 0.25) is 0 Å². The molecule has 1 atom stereocenters. The molecule has 0 aliphatic rings. The molecule has 8 heteroatoms. The van der Waals surface area contributed by atoms with E-state index in [0.717, 1.165) is 6.07 Å². The van der Waals surface area contributed by atoms with E-state index in [1.807, 2.05) is 0 Å². The molecule has 0 saturated carbocycles. The SMILES string of the molecule is COc1ccc(F)cc1C(C)(C)C/C(=N/[S+]([O-])C(C)(C)C)C(F)(F)F. The summed E-state index contributed by atoms with van der Waals surface area (Å²) in [5, 5.41) is 0. The van der Waals surface area contributed by atoms with Gasteiger partial charge in [-0.15, -0.1) is 0 Å². The molecule has 0 aliphatic carbocycles. The quantitative estimate of drug-likeness (QED) is 0.411. The third kappa shape index (κ3) is 5.88. The fourth-order valence-electron chi connectivity index (χ4n) is 2.14. The summed E-state index contributed by atoms with van der Waals surface area (Å²) in [5.74, 6) is -0.294. The lowest BCUT2D eigenvalue weighted by molar-refractivity contribution is -0.0611. The third-order valence-electron chi connectivity index (χ3n) is 3.54. The van der Waals surface area contributed by atoms with Gasteiger partial charge in [-0.05, 0) is 44.4 Å². The summed E-state index contributed by atoms with van der Waals surface area (Å²) in [6.07, 6.45) is -5.29. The molecule has 1 aromatic rings. The van der Waals surface area contributed by atoms with E-state index in [1.54, 1.807) is 20.8 Å². The van der Waals surface area contributed by atoms with Crippen molar-refractivity contribution in [1.29, 1.82) is 0 Å². The Hall–Kier alpha value is -1.28. The monoisotopic (exact) mass is 381 g/mol. The Labute approximate surface area is 148 Å². The van der Waals surface area contributed by atoms with Crippen molar-refractivity contribution < 1.29 is 26.9 Å². The first-order chi connectivity index (χ1) is 11.2. The zero-order chi connectivity index (χ0) is 19.6. The number of ether oxygens (including phenoxy) is 1. The lowest BCUT2D eigenvalue weighted by Gasteiger charge is -2.28. The van der Waals surface area contributed by atoms with Crippen molar-refractivity contribution in [1.82, 2.24) is 0 Å². The minimum atomic E-state index is -4.74. The highest BCUT2D eigenvalue weighted by Gasteiger charge is 2.43. The van der Waals surface area contributed by atoms with Gasteiger partial charge < -0.3 is 9.29 Å². The molecule has 0 fully saturated rings. The van der Waals surface area contributed by atoms with Gasteiger partial charge in [0.2, 0.25) is 0 Å². The van der Waals surface area contributed by atoms with Gasteiger partial charge in [-0.1, -0.05) is 18.2 Å². The van der Waals surface area contributed by atoms with Crippen molar-refractivity contribution in [2.24, 2.45) is 4.40 Å². The summed E-state index contributed by atoms with van der Waals surface area (Å²) < 4.78 is 73.5. The summed E-state index contributed by atoms with van der Waals surface area (Å²) in [6.45, 7) is 7.70. The van der Waals surface area contributed by atoms with Crippen molar-refractivity contribution in [3.8, 4) is 5.75 Å². The maximum Gasteiger partial charge on any atom is 0.433 e. The molecule has 0 spiro atoms. The second kappa shape index (κ2) is 7.53. The van der Waals surface area contributed by atoms with Crippen LogP contribution >= 0.6 is 0 Å². The molecule has 0 amide bonds. The van der Waals surface area contributed by atoms with E-state index < -0.39 is 45.6 Å². The van der Waals surface area contributed by atoms with E-state index in [9.17, 15) is 22.1 Å². The van der Waals surface area contributed by atoms with Crippen molar-refractivity contribution in [2.45, 2.75) is 57.4 Å². The minimum absolute atomic E-state index is 0.282. The zero-order valence-corrected chi connectivity index (χ0v) is 15.9. The summed E-state index contributed by atoms with van der Waals surface area (Å²) in [5.41, 5.74) is -1.99. The largest absolute Gasteiger partial charge is 0.591 e. The molecule has 3 nitrogen and oxygen atoms in total. The summed E-state index contributed by atoms with van der Waals surface area (Å²) in [6, 6.07) is 3.68. The van der Waals surface area contributed by atoms with E-state index in [1.165, 1.54) is 33.1 Å². The van der Waals surface area contributed by atoms with Crippen LogP contribution in [-0.2, 0) is 16.8 Å². The van der Waals surface area contributed by atoms with Crippen LogP contribution in [0.5, 0.6) is 5.75 Å². The van der Waals surface area contributed by atoms with E-state index in [0.29, 0.717) is 0 Å². The van der Waals surface area contributed by atoms with Gasteiger partial charge in [0.15, 0.2) is 5.71 Å². The normalized spacial score (nSPS) is 15.2. The van der Waals surface area contributed by atoms with Gasteiger partial charge in [0.05, 0.1) is 7.11 Å². The first-order valence-electron chi connectivity index (χ1n) is 7.59. The van der Waals surface area contributed by atoms with Gasteiger partial charge in [-0.2, -0.15) is 13.2 Å². The van der Waals surface area contributed by atoms with Crippen molar-refractivity contribution >= 4 is 17.1 Å². The van der Waals surface area contributed by atoms with Gasteiger partial charge in [0.1, 0.15) is 27.7 Å². The Bertz CT molecular complexity index is 637. The molecule has 142 valence electrons. The molecule has 0 heterocycles. The van der Waals surface area contributed by atoms with E-state index in [2.05, 4.69) is 4.40 Å². The molecule has 1 unspecified atom stereocenters. The third-order valence-corrected chi connectivity index (χ3v) is 4.98. The summed E-state index contributed by atoms with van der Waals surface area (Å²) in [4.78, 5) is 0. The number of rotatable bonds is 5. The first-order valence-corrected chi connectivity index (χ1v) is 8.70. The molecular formula is C17H23F4NO2S. The highest BCUT2D eigenvalue weighted by molar-refractivity contribution is 7.91. The number of methoxy groups -OCH3 is 1. The standard InChI is InChI=1S/C17H23F4NO2S/c1-15(2,3)25(23)22-14(17(19,20)21)10-16(4,5)12-9-11(18)7-8-13(12)24-6/h7-9H,10H2,1-6H3/b22-14-. The van der Waals surface area contributed by atoms with Crippen LogP contribution in [0.25, 0.3) is 0 Å². The number of hydrogen-bond donors (Lipinski definition) is 0. The van der Waals surface area contributed by atoms with E-state index in [-0.39, 0.29) is 11.3 Å². The van der Waals surface area contributed by atoms with Crippen molar-refractivity contribution in [3.63, 3.8) is 0 Å². The van der Waals surface area contributed by atoms with E-state index in [4.69, 9.17) is 4.74 Å². The second-order valence-corrected chi connectivity index (χ2v) is 9.21. The molecule has 0 N–H and O–H groups in total. The molecule has 0 aliphatic heterocycles. The first kappa shape index (κ1) is 21.8. The number of halogens is 4. The molecule has 0 bridgehead atoms. The van der Waals surface area contributed by atoms with Crippen LogP contribution in [0.4, 0.5) is 17.6 Å². The lowest BCUT2D eigenvalue weighted by atomic mass is 9.79. The minimum Gasteiger partial charge on any atom is -0.591 e. The number of nitrogens with zero attached hydrogens (tertiary/aromatic N) is 1. The number of alkyl halides is 3. The highest BCUT2D eigenvalue weighted by Crippen LogP contribution is 2.38. The van der Waals surface area contributed by atoms with Crippen LogP contribution < -0.4 is 4.74 Å². The Morgan fingerprint density at radius 1 is 1.16 bits per heavy atom. The molecule has 0 saturated heterocycles. The van der Waals surface area contributed by atoms with Crippen molar-refractivity contribution in [3.05, 3.63) is 29.6 Å². The second-order valence-electron chi connectivity index (χ2n) is 7.30. The summed E-state index contributed by atoms with van der Waals surface area (Å²) >= 11 is -2.05. The van der Waals surface area contributed by atoms with Gasteiger partial charge in [0.25, 0.3) is 0 Å². The highest BCUT2D eigenvalue weighted by atomic mass is 32.2. The Balaban J connectivity index is 3.33. The number of benzene rings is 1. The molecule has 1 aromatic carbocycles. The Morgan fingerprint density at radius 3 is 2.16 bits per heavy atom. The zero-order valence-electron chi connectivity index (χ0n) is 15.1. The molecule has 1 rings (SSSR count). The average molecular weight is 381 g/mol. The predicted octanol–water partition coefficient (Wildman–Crippen LogP) is 4.97. The fraction of sp³-hybridized carbons (Fsp3) is 0.588. The van der Waals surface area contributed by atoms with Gasteiger partial charge in [-0.25, -0.2) is 4.39 Å². The maximum atomic E-state index is 13.6. The number of hydrogen-bond acceptors (Lipinski definition) is 3. The van der Waals surface area contributed by atoms with Gasteiger partial charge >= 0.3 is 6.18 Å². The topological polar surface area (TPSA) is 44.6 Å². The molecule has 25 heavy (non-hydrogen) atoms. The van der Waals surface area contributed by atoms with Crippen LogP contribution in [0.15, 0.2) is 22.6 Å². The lowest BCUT2D eigenvalue weighted by Crippen LogP contribution is -2.35. The Morgan fingerprint density at radius 2 is 1.72 bits per heavy atom. The fourth-order valence-corrected chi connectivity index (χ4v) is 2.79. The van der Waals surface area contributed by atoms with Crippen LogP contribution in [0, 0.1) is 5.82 Å². The molecule has 0 aromatic heterocycles. The van der Waals surface area contributed by atoms with E-state index >= 15 is 0 Å². The van der Waals surface area contributed by atoms with Crippen LogP contribution in [0.3, 0.4) is 0 Å². The molecular weight excluding hydrogens is 358 g/mol. The predicted molar refractivity (Wildman–Crippen MR) is 92.0 cm³/mol. The maximum absolute atomic E-state index is 13.6. The van der Waals surface area contributed by atoms with Crippen LogP contribution in [-0.4, -0.2) is 28.3 Å². The van der Waals surface area contributed by atoms with Crippen LogP contribution in [0.1, 0.15) is 46.6 Å². The van der Waals surface area contributed by atoms with Gasteiger partial charge in [0, 0.05) is 12.0 Å². The average Bonchev–Trinajstić information content (AvgIpc) is 2.44. The van der Waals surface area contributed by atoms with Crippen molar-refractivity contribution in [2.75, 3.05) is 7.11 Å². The smallest absolute Gasteiger partial charge is 0.433 e. The molecule has 0 radical (unpaired) electrons. The van der Waals surface area contributed by atoms with Gasteiger partial charge in [-0.3, -0.25) is 0 Å². The Kier molecular flexibility index (Phi) is 6.56.